The number of carbonyl (C=O) groups excluding carboxylic acids is 2. The molecule has 0 unspecified atom stereocenters. The quantitative estimate of drug-likeness (QED) is 0.545. The van der Waals surface area contributed by atoms with Gasteiger partial charge >= 0.3 is 5.97 Å². The molecule has 0 fully saturated rings. The molecule has 3 rings (SSSR count). The maximum absolute atomic E-state index is 12.7. The third kappa shape index (κ3) is 3.94. The van der Waals surface area contributed by atoms with Crippen LogP contribution in [0.25, 0.3) is 10.9 Å². The Morgan fingerprint density at radius 1 is 1.08 bits per heavy atom. The number of anilines is 1. The fourth-order valence-corrected chi connectivity index (χ4v) is 2.93. The SMILES string of the molecule is CC(=O)Nc1ccc(OC(=O)c2cn(CC(C)C)c3ccccc23)cc1. The molecule has 0 bridgehead atoms. The van der Waals surface area contributed by atoms with E-state index in [4.69, 9.17) is 4.74 Å². The van der Waals surface area contributed by atoms with Crippen LogP contribution < -0.4 is 10.1 Å². The van der Waals surface area contributed by atoms with Gasteiger partial charge in [0.15, 0.2) is 0 Å². The van der Waals surface area contributed by atoms with E-state index in [2.05, 4.69) is 23.7 Å². The lowest BCUT2D eigenvalue weighted by Crippen LogP contribution is -2.09. The number of nitrogens with zero attached hydrogens (tertiary/aromatic N) is 1. The van der Waals surface area contributed by atoms with Crippen molar-refractivity contribution in [3.05, 3.63) is 60.3 Å². The third-order valence-corrected chi connectivity index (χ3v) is 3.96. The minimum Gasteiger partial charge on any atom is -0.423 e. The molecule has 0 atom stereocenters. The van der Waals surface area contributed by atoms with E-state index in [1.807, 2.05) is 30.5 Å². The Kier molecular flexibility index (Phi) is 5.07. The second-order valence-corrected chi connectivity index (χ2v) is 6.70. The van der Waals surface area contributed by atoms with Gasteiger partial charge in [-0.05, 0) is 36.2 Å². The lowest BCUT2D eigenvalue weighted by molar-refractivity contribution is -0.114. The number of para-hydroxylation sites is 1. The van der Waals surface area contributed by atoms with Crippen molar-refractivity contribution in [1.82, 2.24) is 4.57 Å². The van der Waals surface area contributed by atoms with E-state index in [1.54, 1.807) is 24.3 Å². The summed E-state index contributed by atoms with van der Waals surface area (Å²) in [5.74, 6) is 0.365. The summed E-state index contributed by atoms with van der Waals surface area (Å²) in [6.07, 6.45) is 1.86. The van der Waals surface area contributed by atoms with E-state index >= 15 is 0 Å². The Bertz CT molecular complexity index is 940. The fourth-order valence-electron chi connectivity index (χ4n) is 2.93. The Morgan fingerprint density at radius 3 is 2.42 bits per heavy atom. The molecule has 0 spiro atoms. The Morgan fingerprint density at radius 2 is 1.77 bits per heavy atom. The van der Waals surface area contributed by atoms with Crippen molar-refractivity contribution in [3.63, 3.8) is 0 Å². The molecule has 2 aromatic carbocycles. The highest BCUT2D eigenvalue weighted by molar-refractivity contribution is 6.05. The minimum atomic E-state index is -0.393. The molecule has 5 nitrogen and oxygen atoms in total. The molecule has 1 aromatic heterocycles. The van der Waals surface area contributed by atoms with E-state index in [9.17, 15) is 9.59 Å². The van der Waals surface area contributed by atoms with Crippen LogP contribution >= 0.6 is 0 Å². The zero-order chi connectivity index (χ0) is 18.7. The lowest BCUT2D eigenvalue weighted by Gasteiger charge is -2.07. The van der Waals surface area contributed by atoms with Crippen molar-refractivity contribution >= 4 is 28.5 Å². The molecule has 134 valence electrons. The van der Waals surface area contributed by atoms with Gasteiger partial charge in [0, 0.05) is 36.3 Å². The molecule has 0 aliphatic carbocycles. The monoisotopic (exact) mass is 350 g/mol. The van der Waals surface area contributed by atoms with Gasteiger partial charge in [-0.1, -0.05) is 32.0 Å². The highest BCUT2D eigenvalue weighted by Gasteiger charge is 2.17. The number of benzene rings is 2. The Balaban J connectivity index is 1.84. The molecule has 1 heterocycles. The molecular weight excluding hydrogens is 328 g/mol. The Hall–Kier alpha value is -3.08. The fraction of sp³-hybridized carbons (Fsp3) is 0.238. The number of carbonyl (C=O) groups is 2. The van der Waals surface area contributed by atoms with Gasteiger partial charge in [-0.25, -0.2) is 4.79 Å². The summed E-state index contributed by atoms with van der Waals surface area (Å²) in [5.41, 5.74) is 2.23. The first-order valence-electron chi connectivity index (χ1n) is 8.61. The van der Waals surface area contributed by atoms with Gasteiger partial charge in [0.2, 0.25) is 5.91 Å². The summed E-state index contributed by atoms with van der Waals surface area (Å²) in [7, 11) is 0. The first-order valence-corrected chi connectivity index (χ1v) is 8.61. The van der Waals surface area contributed by atoms with Crippen LogP contribution in [0.5, 0.6) is 5.75 Å². The smallest absolute Gasteiger partial charge is 0.345 e. The second-order valence-electron chi connectivity index (χ2n) is 6.70. The molecule has 0 aliphatic rings. The summed E-state index contributed by atoms with van der Waals surface area (Å²) in [6, 6.07) is 14.6. The topological polar surface area (TPSA) is 60.3 Å². The molecule has 0 radical (unpaired) electrons. The number of hydrogen-bond acceptors (Lipinski definition) is 3. The number of aromatic nitrogens is 1. The average molecular weight is 350 g/mol. The summed E-state index contributed by atoms with van der Waals surface area (Å²) >= 11 is 0. The maximum atomic E-state index is 12.7. The predicted molar refractivity (Wildman–Crippen MR) is 102 cm³/mol. The number of amides is 1. The molecule has 1 N–H and O–H groups in total. The molecular formula is C21H22N2O3. The number of ether oxygens (including phenoxy) is 1. The number of esters is 1. The van der Waals surface area contributed by atoms with E-state index in [0.717, 1.165) is 17.4 Å². The average Bonchev–Trinajstić information content (AvgIpc) is 2.94. The third-order valence-electron chi connectivity index (χ3n) is 3.96. The zero-order valence-corrected chi connectivity index (χ0v) is 15.2. The van der Waals surface area contributed by atoms with Crippen molar-refractivity contribution in [1.29, 1.82) is 0 Å². The van der Waals surface area contributed by atoms with Crippen LogP contribution in [0.2, 0.25) is 0 Å². The summed E-state index contributed by atoms with van der Waals surface area (Å²) < 4.78 is 7.62. The van der Waals surface area contributed by atoms with Crippen molar-refractivity contribution in [2.24, 2.45) is 5.92 Å². The molecule has 0 saturated heterocycles. The van der Waals surface area contributed by atoms with Crippen LogP contribution in [0.1, 0.15) is 31.1 Å². The van der Waals surface area contributed by atoms with Crippen LogP contribution in [0, 0.1) is 5.92 Å². The highest BCUT2D eigenvalue weighted by atomic mass is 16.5. The Labute approximate surface area is 152 Å². The van der Waals surface area contributed by atoms with Gasteiger partial charge in [0.1, 0.15) is 5.75 Å². The standard InChI is InChI=1S/C21H22N2O3/c1-14(2)12-23-13-19(18-6-4-5-7-20(18)23)21(25)26-17-10-8-16(9-11-17)22-15(3)24/h4-11,13-14H,12H2,1-3H3,(H,22,24). The van der Waals surface area contributed by atoms with E-state index in [1.165, 1.54) is 6.92 Å². The van der Waals surface area contributed by atoms with Crippen molar-refractivity contribution in [2.75, 3.05) is 5.32 Å². The van der Waals surface area contributed by atoms with Gasteiger partial charge in [-0.15, -0.1) is 0 Å². The predicted octanol–water partition coefficient (Wildman–Crippen LogP) is 4.47. The zero-order valence-electron chi connectivity index (χ0n) is 15.2. The maximum Gasteiger partial charge on any atom is 0.345 e. The summed E-state index contributed by atoms with van der Waals surface area (Å²) in [4.78, 5) is 23.7. The second kappa shape index (κ2) is 7.44. The molecule has 26 heavy (non-hydrogen) atoms. The van der Waals surface area contributed by atoms with Gasteiger partial charge in [-0.2, -0.15) is 0 Å². The minimum absolute atomic E-state index is 0.146. The molecule has 1 amide bonds. The number of nitrogens with one attached hydrogen (secondary N) is 1. The van der Waals surface area contributed by atoms with Crippen molar-refractivity contribution < 1.29 is 14.3 Å². The number of hydrogen-bond donors (Lipinski definition) is 1. The van der Waals surface area contributed by atoms with Gasteiger partial charge in [0.05, 0.1) is 5.56 Å². The number of fused-ring (bicyclic) bond motifs is 1. The summed E-state index contributed by atoms with van der Waals surface area (Å²) in [5, 5.41) is 3.56. The van der Waals surface area contributed by atoms with Crippen molar-refractivity contribution in [3.8, 4) is 5.75 Å². The van der Waals surface area contributed by atoms with E-state index in [-0.39, 0.29) is 5.91 Å². The lowest BCUT2D eigenvalue weighted by atomic mass is 10.2. The van der Waals surface area contributed by atoms with Crippen LogP contribution in [0.3, 0.4) is 0 Å². The van der Waals surface area contributed by atoms with Crippen LogP contribution in [-0.2, 0) is 11.3 Å². The molecule has 0 saturated carbocycles. The van der Waals surface area contributed by atoms with Crippen LogP contribution in [-0.4, -0.2) is 16.4 Å². The van der Waals surface area contributed by atoms with Crippen LogP contribution in [0.15, 0.2) is 54.7 Å². The molecule has 5 heteroatoms. The van der Waals surface area contributed by atoms with Gasteiger partial charge in [0.25, 0.3) is 0 Å². The van der Waals surface area contributed by atoms with Gasteiger partial charge < -0.3 is 14.6 Å². The first kappa shape index (κ1) is 17.7. The van der Waals surface area contributed by atoms with Gasteiger partial charge in [-0.3, -0.25) is 4.79 Å². The highest BCUT2D eigenvalue weighted by Crippen LogP contribution is 2.24. The largest absolute Gasteiger partial charge is 0.423 e. The van der Waals surface area contributed by atoms with E-state index < -0.39 is 5.97 Å². The van der Waals surface area contributed by atoms with E-state index in [0.29, 0.717) is 22.9 Å². The first-order chi connectivity index (χ1) is 12.4. The van der Waals surface area contributed by atoms with Crippen molar-refractivity contribution in [2.45, 2.75) is 27.3 Å². The molecule has 0 aliphatic heterocycles. The molecule has 3 aromatic rings. The number of rotatable bonds is 5. The normalized spacial score (nSPS) is 10.9. The summed E-state index contributed by atoms with van der Waals surface area (Å²) in [6.45, 7) is 6.56. The van der Waals surface area contributed by atoms with Crippen LogP contribution in [0.4, 0.5) is 5.69 Å².